The van der Waals surface area contributed by atoms with Crippen molar-refractivity contribution in [1.82, 2.24) is 14.9 Å². The number of hydrogen-bond acceptors (Lipinski definition) is 5. The number of ether oxygens (including phenoxy) is 1. The van der Waals surface area contributed by atoms with Crippen LogP contribution in [-0.2, 0) is 5.60 Å². The van der Waals surface area contributed by atoms with Crippen LogP contribution in [0.2, 0.25) is 0 Å². The van der Waals surface area contributed by atoms with Gasteiger partial charge in [-0.2, -0.15) is 4.99 Å². The maximum Gasteiger partial charge on any atom is 0.573 e. The molecule has 0 radical (unpaired) electrons. The van der Waals surface area contributed by atoms with E-state index < -0.39 is 12.0 Å². The van der Waals surface area contributed by atoms with Crippen molar-refractivity contribution in [2.75, 3.05) is 23.7 Å². The van der Waals surface area contributed by atoms with Crippen molar-refractivity contribution in [2.24, 2.45) is 10.9 Å². The molecule has 1 aliphatic rings. The monoisotopic (exact) mass is 634 g/mol. The van der Waals surface area contributed by atoms with Gasteiger partial charge >= 0.3 is 6.36 Å². The number of aryl methyl sites for hydroxylation is 2. The lowest BCUT2D eigenvalue weighted by atomic mass is 9.72. The summed E-state index contributed by atoms with van der Waals surface area (Å²) in [5.74, 6) is 0.231. The maximum atomic E-state index is 12.7. The molecule has 0 spiro atoms. The second-order valence-corrected chi connectivity index (χ2v) is 11.2. The number of thiocarbonyl (C=S) groups is 1. The van der Waals surface area contributed by atoms with Gasteiger partial charge in [0.25, 0.3) is 0 Å². The summed E-state index contributed by atoms with van der Waals surface area (Å²) in [4.78, 5) is 15.6. The molecule has 0 unspecified atom stereocenters. The minimum Gasteiger partial charge on any atom is -0.406 e. The smallest absolute Gasteiger partial charge is 0.406 e. The van der Waals surface area contributed by atoms with Gasteiger partial charge in [0.2, 0.25) is 17.0 Å². The van der Waals surface area contributed by atoms with E-state index in [4.69, 9.17) is 12.2 Å². The molecule has 1 aromatic heterocycles. The molecule has 1 aliphatic heterocycles. The molecule has 0 bridgehead atoms. The fourth-order valence-electron chi connectivity index (χ4n) is 5.61. The Labute approximate surface area is 265 Å². The lowest BCUT2D eigenvalue weighted by Crippen LogP contribution is -2.48. The van der Waals surface area contributed by atoms with Gasteiger partial charge in [-0.15, -0.1) is 13.2 Å². The standard InChI is InChI=1S/C33H33F3N6O2S/c1-22-20-23(2)38-29(37-22)40-30(41-31(45)39-27-14-9-15-28(21-27)44-33(34,35)36)42-18-16-26(17-19-42)32(43,24-10-5-3-6-11-24)25-12-7-4-8-13-25/h3-15,20-21,26,43H,16-19H2,1-2H3,(H2,37,38,39,40,41,45). The van der Waals surface area contributed by atoms with Crippen LogP contribution >= 0.6 is 12.2 Å². The molecule has 234 valence electrons. The number of rotatable bonds is 6. The Hall–Kier alpha value is -4.55. The first-order valence-corrected chi connectivity index (χ1v) is 14.8. The molecule has 8 nitrogen and oxygen atoms in total. The number of benzene rings is 3. The number of nitrogens with one attached hydrogen (secondary N) is 2. The number of aliphatic hydroxyl groups is 1. The highest BCUT2D eigenvalue weighted by Gasteiger charge is 2.42. The topological polar surface area (TPSA) is 94.9 Å². The third-order valence-corrected chi connectivity index (χ3v) is 7.74. The number of alkyl halides is 3. The van der Waals surface area contributed by atoms with E-state index in [2.05, 4.69) is 30.3 Å². The highest BCUT2D eigenvalue weighted by Crippen LogP contribution is 2.42. The summed E-state index contributed by atoms with van der Waals surface area (Å²) in [6, 6.07) is 26.6. The number of aromatic nitrogens is 2. The second-order valence-electron chi connectivity index (χ2n) is 10.8. The Kier molecular flexibility index (Phi) is 9.64. The Morgan fingerprint density at radius 3 is 2.00 bits per heavy atom. The van der Waals surface area contributed by atoms with Crippen molar-refractivity contribution in [2.45, 2.75) is 38.7 Å². The Morgan fingerprint density at radius 1 is 0.867 bits per heavy atom. The zero-order valence-electron chi connectivity index (χ0n) is 24.8. The molecule has 3 N–H and O–H groups in total. The van der Waals surface area contributed by atoms with E-state index in [0.717, 1.165) is 22.5 Å². The van der Waals surface area contributed by atoms with Gasteiger partial charge in [0.1, 0.15) is 11.4 Å². The quantitative estimate of drug-likeness (QED) is 0.121. The zero-order valence-corrected chi connectivity index (χ0v) is 25.6. The van der Waals surface area contributed by atoms with Crippen LogP contribution in [0, 0.1) is 19.8 Å². The van der Waals surface area contributed by atoms with E-state index in [1.165, 1.54) is 18.2 Å². The summed E-state index contributed by atoms with van der Waals surface area (Å²) in [7, 11) is 0. The van der Waals surface area contributed by atoms with Crippen molar-refractivity contribution in [3.63, 3.8) is 0 Å². The van der Waals surface area contributed by atoms with Gasteiger partial charge in [0.15, 0.2) is 0 Å². The van der Waals surface area contributed by atoms with Gasteiger partial charge in [-0.1, -0.05) is 66.7 Å². The van der Waals surface area contributed by atoms with Crippen LogP contribution in [0.4, 0.5) is 24.8 Å². The third kappa shape index (κ3) is 8.14. The fraction of sp³-hybridized carbons (Fsp3) is 0.273. The van der Waals surface area contributed by atoms with E-state index in [-0.39, 0.29) is 22.5 Å². The van der Waals surface area contributed by atoms with Crippen LogP contribution in [0.15, 0.2) is 96.0 Å². The molecule has 0 aliphatic carbocycles. The second kappa shape index (κ2) is 13.6. The summed E-state index contributed by atoms with van der Waals surface area (Å²) in [5, 5.41) is 18.4. The number of hydrogen-bond donors (Lipinski definition) is 3. The number of nitrogens with zero attached hydrogens (tertiary/aromatic N) is 4. The fourth-order valence-corrected chi connectivity index (χ4v) is 5.81. The van der Waals surface area contributed by atoms with Gasteiger partial charge in [0.05, 0.1) is 0 Å². The first-order valence-electron chi connectivity index (χ1n) is 14.4. The molecular weight excluding hydrogens is 601 g/mol. The summed E-state index contributed by atoms with van der Waals surface area (Å²) in [6.45, 7) is 4.78. The van der Waals surface area contributed by atoms with E-state index in [1.807, 2.05) is 85.5 Å². The molecule has 1 saturated heterocycles. The van der Waals surface area contributed by atoms with Crippen molar-refractivity contribution in [1.29, 1.82) is 0 Å². The van der Waals surface area contributed by atoms with Crippen LogP contribution in [0.25, 0.3) is 0 Å². The molecular formula is C33H33F3N6O2S. The summed E-state index contributed by atoms with van der Waals surface area (Å²) < 4.78 is 42.2. The predicted octanol–water partition coefficient (Wildman–Crippen LogP) is 6.81. The molecule has 4 aromatic rings. The molecule has 45 heavy (non-hydrogen) atoms. The van der Waals surface area contributed by atoms with Crippen molar-refractivity contribution in [3.8, 4) is 5.75 Å². The van der Waals surface area contributed by atoms with E-state index in [1.54, 1.807) is 6.07 Å². The third-order valence-electron chi connectivity index (χ3n) is 7.55. The van der Waals surface area contributed by atoms with Crippen LogP contribution in [0.3, 0.4) is 0 Å². The van der Waals surface area contributed by atoms with Crippen LogP contribution in [0.5, 0.6) is 5.75 Å². The van der Waals surface area contributed by atoms with Crippen LogP contribution in [-0.4, -0.2) is 50.5 Å². The highest BCUT2D eigenvalue weighted by molar-refractivity contribution is 7.80. The molecule has 0 amide bonds. The van der Waals surface area contributed by atoms with Gasteiger partial charge < -0.3 is 20.1 Å². The van der Waals surface area contributed by atoms with Gasteiger partial charge in [-0.3, -0.25) is 5.32 Å². The number of aliphatic imine (C=N–C) groups is 1. The number of anilines is 2. The first kappa shape index (κ1) is 31.9. The van der Waals surface area contributed by atoms with E-state index in [9.17, 15) is 18.3 Å². The molecule has 5 rings (SSSR count). The van der Waals surface area contributed by atoms with Gasteiger partial charge in [-0.05, 0) is 74.2 Å². The lowest BCUT2D eigenvalue weighted by molar-refractivity contribution is -0.274. The number of guanidine groups is 1. The molecule has 1 fully saturated rings. The van der Waals surface area contributed by atoms with Crippen molar-refractivity contribution >= 4 is 34.9 Å². The summed E-state index contributed by atoms with van der Waals surface area (Å²) in [6.07, 6.45) is -3.56. The average molecular weight is 635 g/mol. The Bertz CT molecular complexity index is 1590. The van der Waals surface area contributed by atoms with Crippen molar-refractivity contribution in [3.05, 3.63) is 114 Å². The average Bonchev–Trinajstić information content (AvgIpc) is 3.00. The molecule has 0 atom stereocenters. The summed E-state index contributed by atoms with van der Waals surface area (Å²) >= 11 is 5.50. The van der Waals surface area contributed by atoms with Crippen LogP contribution in [0.1, 0.15) is 35.4 Å². The molecule has 0 saturated carbocycles. The zero-order chi connectivity index (χ0) is 32.0. The highest BCUT2D eigenvalue weighted by atomic mass is 32.1. The largest absolute Gasteiger partial charge is 0.573 e. The maximum absolute atomic E-state index is 12.7. The van der Waals surface area contributed by atoms with Gasteiger partial charge in [-0.25, -0.2) is 9.97 Å². The molecule has 12 heteroatoms. The summed E-state index contributed by atoms with van der Waals surface area (Å²) in [5.41, 5.74) is 2.26. The normalized spacial score (nSPS) is 14.6. The molecule has 3 aromatic carbocycles. The van der Waals surface area contributed by atoms with Crippen LogP contribution < -0.4 is 15.4 Å². The predicted molar refractivity (Wildman–Crippen MR) is 172 cm³/mol. The number of likely N-dealkylation sites (tertiary alicyclic amines) is 1. The minimum atomic E-state index is -4.82. The SMILES string of the molecule is Cc1cc(C)nc(N/C(=N/C(=S)Nc2cccc(OC(F)(F)F)c2)N2CCC(C(O)(c3ccccc3)c3ccccc3)CC2)n1. The Morgan fingerprint density at radius 2 is 1.44 bits per heavy atom. The minimum absolute atomic E-state index is 0.0123. The Balaban J connectivity index is 1.39. The van der Waals surface area contributed by atoms with E-state index in [0.29, 0.717) is 37.8 Å². The first-order chi connectivity index (χ1) is 21.5. The van der Waals surface area contributed by atoms with E-state index >= 15 is 0 Å². The number of piperidine rings is 1. The number of halogens is 3. The van der Waals surface area contributed by atoms with Gasteiger partial charge in [0, 0.05) is 36.2 Å². The lowest BCUT2D eigenvalue weighted by Gasteiger charge is -2.43. The molecule has 2 heterocycles. The van der Waals surface area contributed by atoms with Crippen molar-refractivity contribution < 1.29 is 23.0 Å².